The molecule has 3 aliphatic rings. The zero-order valence-corrected chi connectivity index (χ0v) is 20.1. The first-order valence-corrected chi connectivity index (χ1v) is 12.7. The molecule has 2 aromatic heterocycles. The molecule has 0 amide bonds. The van der Waals surface area contributed by atoms with Crippen LogP contribution in [0.3, 0.4) is 0 Å². The highest BCUT2D eigenvalue weighted by Gasteiger charge is 2.46. The van der Waals surface area contributed by atoms with Crippen LogP contribution in [0.5, 0.6) is 5.75 Å². The third-order valence-electron chi connectivity index (χ3n) is 8.06. The van der Waals surface area contributed by atoms with Crippen LogP contribution in [0.15, 0.2) is 41.5 Å². The first kappa shape index (κ1) is 23.1. The fourth-order valence-electron chi connectivity index (χ4n) is 6.09. The van der Waals surface area contributed by atoms with Crippen molar-refractivity contribution in [3.63, 3.8) is 0 Å². The van der Waals surface area contributed by atoms with E-state index in [1.54, 1.807) is 18.3 Å². The highest BCUT2D eigenvalue weighted by molar-refractivity contribution is 5.73. The zero-order valence-electron chi connectivity index (χ0n) is 20.1. The van der Waals surface area contributed by atoms with E-state index in [1.165, 1.54) is 25.6 Å². The summed E-state index contributed by atoms with van der Waals surface area (Å²) in [6.07, 6.45) is 9.01. The fraction of sp³-hybridized carbons (Fsp3) is 0.481. The van der Waals surface area contributed by atoms with Gasteiger partial charge in [0.05, 0.1) is 17.8 Å². The molecule has 0 radical (unpaired) electrons. The van der Waals surface area contributed by atoms with Crippen molar-refractivity contribution in [3.8, 4) is 28.3 Å². The molecule has 0 saturated heterocycles. The lowest BCUT2D eigenvalue weighted by Crippen LogP contribution is -2.52. The van der Waals surface area contributed by atoms with E-state index >= 15 is 4.39 Å². The third-order valence-corrected chi connectivity index (χ3v) is 8.06. The van der Waals surface area contributed by atoms with Crippen LogP contribution in [0.2, 0.25) is 0 Å². The first-order valence-electron chi connectivity index (χ1n) is 12.7. The number of aromatic nitrogens is 4. The second-order valence-corrected chi connectivity index (χ2v) is 10.5. The Hall–Kier alpha value is -3.36. The van der Waals surface area contributed by atoms with Crippen LogP contribution in [0.25, 0.3) is 22.5 Å². The molecule has 1 aromatic carbocycles. The topological polar surface area (TPSA) is 84.1 Å². The van der Waals surface area contributed by atoms with Crippen LogP contribution < -0.4 is 10.5 Å². The van der Waals surface area contributed by atoms with E-state index in [-0.39, 0.29) is 40.7 Å². The Labute approximate surface area is 207 Å². The molecule has 0 spiro atoms. The minimum Gasteiger partial charge on any atom is -0.507 e. The minimum absolute atomic E-state index is 0.104. The minimum atomic E-state index is -0.865. The molecular weight excluding hydrogens is 464 g/mol. The van der Waals surface area contributed by atoms with Crippen LogP contribution >= 0.6 is 0 Å². The van der Waals surface area contributed by atoms with E-state index in [2.05, 4.69) is 20.1 Å². The lowest BCUT2D eigenvalue weighted by atomic mass is 9.69. The van der Waals surface area contributed by atoms with E-state index in [4.69, 9.17) is 0 Å². The lowest BCUT2D eigenvalue weighted by Gasteiger charge is -2.46. The van der Waals surface area contributed by atoms with Gasteiger partial charge in [0.25, 0.3) is 5.56 Å². The molecule has 188 valence electrons. The highest BCUT2D eigenvalue weighted by atomic mass is 19.1. The maximum Gasteiger partial charge on any atom is 0.251 e. The van der Waals surface area contributed by atoms with Crippen molar-refractivity contribution in [1.29, 1.82) is 0 Å². The van der Waals surface area contributed by atoms with Gasteiger partial charge >= 0.3 is 0 Å². The predicted molar refractivity (Wildman–Crippen MR) is 132 cm³/mol. The smallest absolute Gasteiger partial charge is 0.251 e. The van der Waals surface area contributed by atoms with Gasteiger partial charge in [-0.05, 0) is 61.6 Å². The third kappa shape index (κ3) is 4.14. The number of anilines is 1. The number of nitrogens with zero attached hydrogens (tertiary/aromatic N) is 5. The summed E-state index contributed by atoms with van der Waals surface area (Å²) in [5, 5.41) is 19.3. The molecule has 2 heterocycles. The van der Waals surface area contributed by atoms with Crippen molar-refractivity contribution >= 4 is 5.82 Å². The van der Waals surface area contributed by atoms with Gasteiger partial charge in [0.15, 0.2) is 11.6 Å². The van der Waals surface area contributed by atoms with Gasteiger partial charge in [-0.15, -0.1) is 10.2 Å². The summed E-state index contributed by atoms with van der Waals surface area (Å²) in [5.74, 6) is 0.795. The van der Waals surface area contributed by atoms with Crippen molar-refractivity contribution < 1.29 is 13.9 Å². The van der Waals surface area contributed by atoms with Crippen LogP contribution in [-0.2, 0) is 7.05 Å². The second kappa shape index (κ2) is 8.94. The summed E-state index contributed by atoms with van der Waals surface area (Å²) < 4.78 is 31.1. The molecule has 36 heavy (non-hydrogen) atoms. The zero-order chi connectivity index (χ0) is 25.0. The van der Waals surface area contributed by atoms with Crippen LogP contribution in [0.4, 0.5) is 14.6 Å². The molecule has 3 saturated carbocycles. The lowest BCUT2D eigenvalue weighted by molar-refractivity contribution is 0.0631. The summed E-state index contributed by atoms with van der Waals surface area (Å²) >= 11 is 0. The molecular formula is C27H29F2N5O2. The van der Waals surface area contributed by atoms with Crippen LogP contribution in [-0.4, -0.2) is 43.1 Å². The number of fused-ring (bicyclic) bond motifs is 2. The summed E-state index contributed by atoms with van der Waals surface area (Å²) in [6, 6.07) is 5.85. The van der Waals surface area contributed by atoms with E-state index in [9.17, 15) is 14.3 Å². The maximum atomic E-state index is 15.5. The molecule has 6 rings (SSSR count). The van der Waals surface area contributed by atoms with Crippen LogP contribution in [0, 0.1) is 17.7 Å². The number of phenols is 1. The molecule has 9 heteroatoms. The number of aryl methyl sites for hydroxylation is 1. The Morgan fingerprint density at radius 1 is 1.08 bits per heavy atom. The van der Waals surface area contributed by atoms with Gasteiger partial charge in [-0.2, -0.15) is 0 Å². The van der Waals surface area contributed by atoms with Gasteiger partial charge in [0, 0.05) is 30.9 Å². The van der Waals surface area contributed by atoms with Gasteiger partial charge < -0.3 is 14.6 Å². The fourth-order valence-corrected chi connectivity index (χ4v) is 6.09. The van der Waals surface area contributed by atoms with Crippen molar-refractivity contribution in [2.24, 2.45) is 18.9 Å². The van der Waals surface area contributed by atoms with Crippen molar-refractivity contribution in [1.82, 2.24) is 19.7 Å². The number of halogens is 2. The number of hydrogen-bond acceptors (Lipinski definition) is 6. The predicted octanol–water partition coefficient (Wildman–Crippen LogP) is 4.63. The summed E-state index contributed by atoms with van der Waals surface area (Å²) in [6.45, 7) is 0. The van der Waals surface area contributed by atoms with Crippen molar-refractivity contribution in [2.75, 3.05) is 4.90 Å². The maximum absolute atomic E-state index is 15.5. The van der Waals surface area contributed by atoms with Crippen molar-refractivity contribution in [2.45, 2.75) is 63.2 Å². The number of pyridine rings is 1. The Morgan fingerprint density at radius 2 is 1.92 bits per heavy atom. The number of phenolic OH excluding ortho intramolecular Hbond substituents is 1. The van der Waals surface area contributed by atoms with Gasteiger partial charge in [-0.1, -0.05) is 18.9 Å². The number of aromatic hydroxyl groups is 1. The summed E-state index contributed by atoms with van der Waals surface area (Å²) in [5.41, 5.74) is 0.464. The monoisotopic (exact) mass is 493 g/mol. The molecule has 0 aliphatic heterocycles. The standard InChI is InChI=1S/C27H29F2N5O2/c1-33-14-21(28)20(12-25(33)36)16-5-8-19(23(35)11-16)27-30-13-24(31-32-27)34(18-6-7-18)22-10-15-3-2-4-17(9-15)26(22)29/h5,8,11-15,17-18,22,26,35H,2-4,6-7,9-10H2,1H3/t15-,17+,22+,26-/m1/s1. The molecule has 3 aliphatic carbocycles. The van der Waals surface area contributed by atoms with Gasteiger partial charge in [-0.3, -0.25) is 4.79 Å². The molecule has 3 aromatic rings. The van der Waals surface area contributed by atoms with Crippen molar-refractivity contribution in [3.05, 3.63) is 52.8 Å². The SMILES string of the molecule is Cn1cc(F)c(-c2ccc(-c3ncc(N(C4CC4)[C@H]4C[C@@H]5CCC[C@@H](C5)[C@H]4F)nn3)c(O)c2)cc1=O. The highest BCUT2D eigenvalue weighted by Crippen LogP contribution is 2.46. The molecule has 0 unspecified atom stereocenters. The molecule has 3 fully saturated rings. The Bertz CT molecular complexity index is 1340. The van der Waals surface area contributed by atoms with E-state index in [0.29, 0.717) is 22.9 Å². The number of rotatable bonds is 5. The van der Waals surface area contributed by atoms with Gasteiger partial charge in [-0.25, -0.2) is 13.8 Å². The normalized spacial score (nSPS) is 25.5. The summed E-state index contributed by atoms with van der Waals surface area (Å²) in [7, 11) is 1.47. The molecule has 1 N–H and O–H groups in total. The first-order chi connectivity index (χ1) is 17.4. The summed E-state index contributed by atoms with van der Waals surface area (Å²) in [4.78, 5) is 18.5. The Balaban J connectivity index is 1.27. The van der Waals surface area contributed by atoms with E-state index in [1.807, 2.05) is 0 Å². The second-order valence-electron chi connectivity index (χ2n) is 10.5. The number of alkyl halides is 1. The van der Waals surface area contributed by atoms with Gasteiger partial charge in [0.1, 0.15) is 17.7 Å². The van der Waals surface area contributed by atoms with E-state index in [0.717, 1.165) is 49.3 Å². The number of hydrogen-bond donors (Lipinski definition) is 1. The molecule has 2 bridgehead atoms. The average Bonchev–Trinajstić information content (AvgIpc) is 3.71. The largest absolute Gasteiger partial charge is 0.507 e. The van der Waals surface area contributed by atoms with Crippen LogP contribution in [0.1, 0.15) is 44.9 Å². The quantitative estimate of drug-likeness (QED) is 0.558. The average molecular weight is 494 g/mol. The molecule has 7 nitrogen and oxygen atoms in total. The van der Waals surface area contributed by atoms with E-state index < -0.39 is 12.0 Å². The molecule has 4 atom stereocenters. The Morgan fingerprint density at radius 3 is 2.64 bits per heavy atom. The number of benzene rings is 1. The van der Waals surface area contributed by atoms with Gasteiger partial charge in [0.2, 0.25) is 0 Å². The Kier molecular flexibility index (Phi) is 5.73.